The van der Waals surface area contributed by atoms with Crippen LogP contribution in [0.5, 0.6) is 0 Å². The molecule has 0 bridgehead atoms. The summed E-state index contributed by atoms with van der Waals surface area (Å²) in [5, 5.41) is 10.8. The quantitative estimate of drug-likeness (QED) is 0.0668. The number of nitrogens with zero attached hydrogens (tertiary/aromatic N) is 2. The minimum Gasteiger partial charge on any atom is -0.378 e. The van der Waals surface area contributed by atoms with E-state index < -0.39 is 5.92 Å². The van der Waals surface area contributed by atoms with Crippen molar-refractivity contribution in [3.63, 3.8) is 0 Å². The van der Waals surface area contributed by atoms with Gasteiger partial charge in [0.1, 0.15) is 11.6 Å². The number of thiazole rings is 1. The third kappa shape index (κ3) is 16.9. The Bertz CT molecular complexity index is 1850. The first-order valence-electron chi connectivity index (χ1n) is 25.4. The smallest absolute Gasteiger partial charge is 0.224 e. The molecule has 1 aliphatic carbocycles. The molecule has 0 radical (unpaired) electrons. The van der Waals surface area contributed by atoms with Gasteiger partial charge in [0, 0.05) is 74.9 Å². The fourth-order valence-electron chi connectivity index (χ4n) is 10.2. The molecule has 2 aromatic rings. The molecule has 3 N–H and O–H groups in total. The lowest BCUT2D eigenvalue weighted by Gasteiger charge is -2.33. The van der Waals surface area contributed by atoms with E-state index in [4.69, 9.17) is 19.2 Å². The van der Waals surface area contributed by atoms with E-state index in [0.29, 0.717) is 120 Å². The number of nitrogens with one attached hydrogen (secondary N) is 3. The Labute approximate surface area is 402 Å². The number of piperidine rings is 1. The molecule has 0 spiro atoms. The summed E-state index contributed by atoms with van der Waals surface area (Å²) in [5.74, 6) is 2.44. The lowest BCUT2D eigenvalue weighted by molar-refractivity contribution is -0.130. The number of ketones is 2. The summed E-state index contributed by atoms with van der Waals surface area (Å²) < 4.78 is 18.2. The zero-order chi connectivity index (χ0) is 46.7. The van der Waals surface area contributed by atoms with Crippen LogP contribution in [-0.2, 0) is 44.6 Å². The van der Waals surface area contributed by atoms with Crippen molar-refractivity contribution < 1.29 is 38.2 Å². The summed E-state index contributed by atoms with van der Waals surface area (Å²) in [7, 11) is 0. The van der Waals surface area contributed by atoms with Crippen molar-refractivity contribution in [1.82, 2.24) is 25.8 Å². The first kappa shape index (κ1) is 52.4. The molecule has 4 heterocycles. The van der Waals surface area contributed by atoms with E-state index in [2.05, 4.69) is 52.9 Å². The van der Waals surface area contributed by atoms with E-state index in [1.807, 2.05) is 18.7 Å². The van der Waals surface area contributed by atoms with Crippen molar-refractivity contribution in [1.29, 1.82) is 0 Å². The number of aromatic nitrogens is 1. The van der Waals surface area contributed by atoms with Gasteiger partial charge in [0.05, 0.1) is 60.8 Å². The molecule has 3 saturated heterocycles. The second kappa shape index (κ2) is 27.9. The van der Waals surface area contributed by atoms with Crippen LogP contribution in [0.1, 0.15) is 140 Å². The Morgan fingerprint density at radius 3 is 2.41 bits per heavy atom. The van der Waals surface area contributed by atoms with Gasteiger partial charge in [-0.2, -0.15) is 11.8 Å². The molecule has 15 heteroatoms. The molecule has 3 amide bonds. The Kier molecular flexibility index (Phi) is 22.2. The number of fused-ring (bicyclic) bond motifs is 2. The second-order valence-corrected chi connectivity index (χ2v) is 21.9. The van der Waals surface area contributed by atoms with Crippen LogP contribution in [0.2, 0.25) is 0 Å². The third-order valence-electron chi connectivity index (χ3n) is 14.3. The molecule has 1 aromatic heterocycles. The lowest BCUT2D eigenvalue weighted by atomic mass is 9.80. The lowest BCUT2D eigenvalue weighted by Crippen LogP contribution is -2.45. The van der Waals surface area contributed by atoms with E-state index in [-0.39, 0.29) is 41.9 Å². The maximum Gasteiger partial charge on any atom is 0.224 e. The van der Waals surface area contributed by atoms with Crippen LogP contribution in [0.3, 0.4) is 0 Å². The fraction of sp³-hybridized carbons (Fsp3) is 0.765. The summed E-state index contributed by atoms with van der Waals surface area (Å²) in [6.07, 6.45) is 13.6. The van der Waals surface area contributed by atoms with Crippen LogP contribution in [0.15, 0.2) is 18.2 Å². The van der Waals surface area contributed by atoms with Gasteiger partial charge in [-0.1, -0.05) is 52.5 Å². The van der Waals surface area contributed by atoms with E-state index in [0.717, 1.165) is 98.4 Å². The van der Waals surface area contributed by atoms with Crippen LogP contribution < -0.4 is 16.0 Å². The topological polar surface area (TPSA) is 165 Å². The summed E-state index contributed by atoms with van der Waals surface area (Å²) >= 11 is 3.59. The molecule has 3 aliphatic heterocycles. The normalized spacial score (nSPS) is 21.5. The molecule has 4 aliphatic rings. The molecule has 1 saturated carbocycles. The van der Waals surface area contributed by atoms with Gasteiger partial charge in [0.15, 0.2) is 0 Å². The first-order chi connectivity index (χ1) is 32.1. The largest absolute Gasteiger partial charge is 0.378 e. The molecule has 5 atom stereocenters. The highest BCUT2D eigenvalue weighted by Gasteiger charge is 2.42. The van der Waals surface area contributed by atoms with E-state index in [9.17, 15) is 24.0 Å². The van der Waals surface area contributed by atoms with Gasteiger partial charge in [0.25, 0.3) is 0 Å². The summed E-state index contributed by atoms with van der Waals surface area (Å²) in [4.78, 5) is 71.6. The number of unbranched alkanes of at least 4 members (excludes halogenated alkanes) is 1. The molecular formula is C51H79N5O8S2. The number of ether oxygens (including phenoxy) is 3. The maximum absolute atomic E-state index is 14.1. The highest BCUT2D eigenvalue weighted by Crippen LogP contribution is 2.39. The highest BCUT2D eigenvalue weighted by molar-refractivity contribution is 8.00. The van der Waals surface area contributed by atoms with Gasteiger partial charge < -0.3 is 35.1 Å². The molecule has 13 nitrogen and oxygen atoms in total. The molecule has 1 aromatic carbocycles. The Hall–Kier alpha value is -2.95. The van der Waals surface area contributed by atoms with E-state index in [1.165, 1.54) is 12.0 Å². The average molecular weight is 954 g/mol. The second-order valence-electron chi connectivity index (χ2n) is 19.5. The van der Waals surface area contributed by atoms with Crippen LogP contribution in [0.25, 0.3) is 10.2 Å². The predicted molar refractivity (Wildman–Crippen MR) is 263 cm³/mol. The fourth-order valence-corrected chi connectivity index (χ4v) is 12.9. The van der Waals surface area contributed by atoms with Crippen LogP contribution in [-0.4, -0.2) is 128 Å². The van der Waals surface area contributed by atoms with Gasteiger partial charge in [0.2, 0.25) is 17.7 Å². The van der Waals surface area contributed by atoms with Gasteiger partial charge in [-0.05, 0) is 99.2 Å². The molecule has 368 valence electrons. The average Bonchev–Trinajstić information content (AvgIpc) is 4.02. The Balaban J connectivity index is 0.797. The number of benzene rings is 1. The van der Waals surface area contributed by atoms with Gasteiger partial charge in [-0.25, -0.2) is 4.98 Å². The number of thioether (sulfide) groups is 1. The van der Waals surface area contributed by atoms with Crippen LogP contribution in [0.4, 0.5) is 0 Å². The Morgan fingerprint density at radius 2 is 1.67 bits per heavy atom. The number of amides is 3. The standard InChI is InChI=1S/C51H79N5O8S2/c1-4-41(57)30-39(33-49-53-43-15-14-38(35(2)3)31-46(43)66-49)51(61)54-42(36-10-6-5-7-11-36)16-17-44(58)37-18-21-56(22-19-37)23-25-63-27-29-64-28-26-62-24-20-52-47(59)13-9-8-12-45-50-40(34-65-45)32-48(60)55-50/h14-15,31,35-37,39-40,42,45,50H,4-13,16-30,32-34H2,1-3H3,(H,52,59)(H,54,61)(H,55,60)/t39-,40-,42+,45-,50-/m0/s1. The summed E-state index contributed by atoms with van der Waals surface area (Å²) in [5.41, 5.74) is 2.20. The predicted octanol–water partition coefficient (Wildman–Crippen LogP) is 7.42. The van der Waals surface area contributed by atoms with Crippen molar-refractivity contribution in [3.05, 3.63) is 28.8 Å². The van der Waals surface area contributed by atoms with E-state index >= 15 is 0 Å². The van der Waals surface area contributed by atoms with Crippen molar-refractivity contribution in [2.24, 2.45) is 23.7 Å². The van der Waals surface area contributed by atoms with Crippen molar-refractivity contribution in [2.75, 3.05) is 71.6 Å². The first-order valence-corrected chi connectivity index (χ1v) is 27.3. The molecule has 6 rings (SSSR count). The maximum atomic E-state index is 14.1. The van der Waals surface area contributed by atoms with Gasteiger partial charge in [-0.15, -0.1) is 11.3 Å². The van der Waals surface area contributed by atoms with Crippen LogP contribution >= 0.6 is 23.1 Å². The van der Waals surface area contributed by atoms with Crippen molar-refractivity contribution in [3.8, 4) is 0 Å². The van der Waals surface area contributed by atoms with E-state index in [1.54, 1.807) is 11.3 Å². The minimum absolute atomic E-state index is 0.0470. The number of carbonyl (C=O) groups excluding carboxylic acids is 5. The summed E-state index contributed by atoms with van der Waals surface area (Å²) in [6, 6.07) is 6.63. The monoisotopic (exact) mass is 954 g/mol. The van der Waals surface area contributed by atoms with Gasteiger partial charge >= 0.3 is 0 Å². The molecule has 66 heavy (non-hydrogen) atoms. The minimum atomic E-state index is -0.482. The third-order valence-corrected chi connectivity index (χ3v) is 16.9. The molecule has 4 fully saturated rings. The number of rotatable bonds is 30. The van der Waals surface area contributed by atoms with Crippen molar-refractivity contribution in [2.45, 2.75) is 153 Å². The highest BCUT2D eigenvalue weighted by atomic mass is 32.2. The number of Topliss-reactive ketones (excluding diaryl/α,β-unsaturated/α-hetero) is 2. The number of carbonyl (C=O) groups is 5. The number of hydrogen-bond acceptors (Lipinski definition) is 12. The van der Waals surface area contributed by atoms with Crippen LogP contribution in [0, 0.1) is 23.7 Å². The Morgan fingerprint density at radius 1 is 0.924 bits per heavy atom. The SMILES string of the molecule is CCC(=O)C[C@@H](Cc1nc2ccc(C(C)C)cc2s1)C(=O)N[C@H](CCC(=O)C1CCN(CCOCCOCCOCCNC(=O)CCCC[C@@H]2SC[C@@H]3CC(=O)N[C@@H]32)CC1)C1CCCCC1. The number of hydrogen-bond donors (Lipinski definition) is 3. The number of likely N-dealkylation sites (tertiary alicyclic amines) is 1. The zero-order valence-corrected chi connectivity index (χ0v) is 41.8. The molecule has 0 unspecified atom stereocenters. The summed E-state index contributed by atoms with van der Waals surface area (Å²) in [6.45, 7) is 12.3. The zero-order valence-electron chi connectivity index (χ0n) is 40.1. The molecular weight excluding hydrogens is 875 g/mol. The van der Waals surface area contributed by atoms with Crippen molar-refractivity contribution >= 4 is 62.6 Å². The van der Waals surface area contributed by atoms with Gasteiger partial charge in [-0.3, -0.25) is 24.0 Å².